The molecule has 1 N–H and O–H groups in total. The fraction of sp³-hybridized carbons (Fsp3) is 0.290. The molecule has 0 radical (unpaired) electrons. The van der Waals surface area contributed by atoms with Gasteiger partial charge in [-0.3, -0.25) is 14.1 Å². The zero-order valence-corrected chi connectivity index (χ0v) is 24.4. The Balaban J connectivity index is 1.16. The fourth-order valence-corrected chi connectivity index (χ4v) is 5.91. The molecule has 0 bridgehead atoms. The van der Waals surface area contributed by atoms with E-state index < -0.39 is 41.2 Å². The van der Waals surface area contributed by atoms with Crippen LogP contribution in [0.5, 0.6) is 6.01 Å². The van der Waals surface area contributed by atoms with Crippen molar-refractivity contribution in [3.05, 3.63) is 98.5 Å². The maximum atomic E-state index is 13.6. The van der Waals surface area contributed by atoms with Gasteiger partial charge in [-0.05, 0) is 35.7 Å². The van der Waals surface area contributed by atoms with Gasteiger partial charge in [-0.25, -0.2) is 9.59 Å². The van der Waals surface area contributed by atoms with Gasteiger partial charge in [0.2, 0.25) is 0 Å². The number of aromatic amines is 1. The van der Waals surface area contributed by atoms with Crippen molar-refractivity contribution >= 4 is 17.0 Å². The third-order valence-corrected chi connectivity index (χ3v) is 7.90. The summed E-state index contributed by atoms with van der Waals surface area (Å²) >= 11 is 0. The van der Waals surface area contributed by atoms with Crippen molar-refractivity contribution in [2.75, 3.05) is 19.8 Å². The van der Waals surface area contributed by atoms with E-state index in [1.807, 2.05) is 60.0 Å². The molecule has 2 aliphatic heterocycles. The second-order valence-electron chi connectivity index (χ2n) is 10.7. The Morgan fingerprint density at radius 1 is 1.02 bits per heavy atom. The van der Waals surface area contributed by atoms with Gasteiger partial charge >= 0.3 is 11.7 Å². The molecule has 15 heteroatoms. The molecule has 236 valence electrons. The number of para-hydroxylation sites is 1. The number of carbonyl (C=O) groups is 1. The van der Waals surface area contributed by atoms with Crippen LogP contribution in [0.25, 0.3) is 33.5 Å². The van der Waals surface area contributed by atoms with Crippen molar-refractivity contribution in [1.29, 1.82) is 0 Å². The lowest BCUT2D eigenvalue weighted by molar-refractivity contribution is -0.769. The summed E-state index contributed by atoms with van der Waals surface area (Å²) in [6, 6.07) is 20.8. The van der Waals surface area contributed by atoms with Gasteiger partial charge in [0.1, 0.15) is 12.2 Å². The Morgan fingerprint density at radius 3 is 2.48 bits per heavy atom. The molecule has 0 spiro atoms. The van der Waals surface area contributed by atoms with Gasteiger partial charge in [-0.2, -0.15) is 4.98 Å². The minimum atomic E-state index is -0.895. The number of carbonyl (C=O) groups excluding carboxylic acids is 1. The highest BCUT2D eigenvalue weighted by Crippen LogP contribution is 2.33. The average molecular weight is 630 g/mol. The Labute approximate surface area is 259 Å². The number of aromatic nitrogens is 4. The van der Waals surface area contributed by atoms with Crippen molar-refractivity contribution in [1.82, 2.24) is 19.7 Å². The van der Waals surface area contributed by atoms with Crippen LogP contribution in [-0.2, 0) is 25.6 Å². The first-order valence-electron chi connectivity index (χ1n) is 14.5. The molecule has 7 rings (SSSR count). The number of hydrogen-bond donors (Lipinski definition) is 1. The lowest BCUT2D eigenvalue weighted by Gasteiger charge is -2.17. The van der Waals surface area contributed by atoms with E-state index in [2.05, 4.69) is 20.0 Å². The minimum absolute atomic E-state index is 0.0142. The Hall–Kier alpha value is -5.54. The van der Waals surface area contributed by atoms with Crippen molar-refractivity contribution in [2.45, 2.75) is 37.9 Å². The van der Waals surface area contributed by atoms with Gasteiger partial charge in [0.15, 0.2) is 18.0 Å². The van der Waals surface area contributed by atoms with E-state index >= 15 is 0 Å². The number of hydrogen-bond acceptors (Lipinski definition) is 12. The molecule has 4 heterocycles. The first-order valence-corrected chi connectivity index (χ1v) is 14.5. The molecule has 2 saturated heterocycles. The smallest absolute Gasteiger partial charge is 0.439 e. The SMILES string of the molecule is CCOc1nc2cccc(C(=O)OC3COC4C(O[N+](=O)[O-])COC34)c2n1Cc1ccc(-c2ccccc2-c2noc(=O)[nH]2)cc1. The first kappa shape index (κ1) is 29.2. The molecule has 4 atom stereocenters. The largest absolute Gasteiger partial charge is 0.465 e. The Kier molecular flexibility index (Phi) is 7.68. The molecule has 15 nitrogen and oxygen atoms in total. The van der Waals surface area contributed by atoms with Crippen molar-refractivity contribution < 1.29 is 38.2 Å². The summed E-state index contributed by atoms with van der Waals surface area (Å²) in [4.78, 5) is 47.9. The van der Waals surface area contributed by atoms with Crippen LogP contribution < -0.4 is 10.5 Å². The zero-order chi connectivity index (χ0) is 31.8. The number of imidazole rings is 1. The number of ether oxygens (including phenoxy) is 4. The quantitative estimate of drug-likeness (QED) is 0.135. The number of H-pyrrole nitrogens is 1. The number of rotatable bonds is 10. The molecule has 5 aromatic rings. The summed E-state index contributed by atoms with van der Waals surface area (Å²) in [5.74, 6) is -0.923. The van der Waals surface area contributed by atoms with E-state index in [-0.39, 0.29) is 18.8 Å². The van der Waals surface area contributed by atoms with Crippen molar-refractivity contribution in [3.8, 4) is 28.5 Å². The lowest BCUT2D eigenvalue weighted by Crippen LogP contribution is -2.35. The maximum absolute atomic E-state index is 13.6. The van der Waals surface area contributed by atoms with E-state index in [1.54, 1.807) is 18.2 Å². The number of benzene rings is 3. The van der Waals surface area contributed by atoms with Gasteiger partial charge in [0.25, 0.3) is 11.1 Å². The van der Waals surface area contributed by atoms with Gasteiger partial charge in [0.05, 0.1) is 43.0 Å². The Bertz CT molecular complexity index is 1970. The van der Waals surface area contributed by atoms with Gasteiger partial charge in [-0.1, -0.05) is 59.8 Å². The first-order chi connectivity index (χ1) is 22.4. The molecule has 2 aliphatic rings. The number of nitrogens with one attached hydrogen (secondary N) is 1. The van der Waals surface area contributed by atoms with Crippen LogP contribution in [0.1, 0.15) is 22.8 Å². The summed E-state index contributed by atoms with van der Waals surface area (Å²) in [5.41, 5.74) is 4.70. The minimum Gasteiger partial charge on any atom is -0.465 e. The van der Waals surface area contributed by atoms with E-state index in [4.69, 9.17) is 23.5 Å². The predicted octanol–water partition coefficient (Wildman–Crippen LogP) is 3.39. The summed E-state index contributed by atoms with van der Waals surface area (Å²) in [6.07, 6.45) is -3.08. The molecule has 0 saturated carbocycles. The van der Waals surface area contributed by atoms with Crippen molar-refractivity contribution in [3.63, 3.8) is 0 Å². The van der Waals surface area contributed by atoms with Crippen LogP contribution in [0.2, 0.25) is 0 Å². The van der Waals surface area contributed by atoms with Crippen LogP contribution in [0, 0.1) is 10.1 Å². The lowest BCUT2D eigenvalue weighted by atomic mass is 9.98. The average Bonchev–Trinajstić information content (AvgIpc) is 3.84. The van der Waals surface area contributed by atoms with Crippen LogP contribution >= 0.6 is 0 Å². The second-order valence-corrected chi connectivity index (χ2v) is 10.7. The van der Waals surface area contributed by atoms with E-state index in [0.717, 1.165) is 16.7 Å². The molecule has 46 heavy (non-hydrogen) atoms. The summed E-state index contributed by atoms with van der Waals surface area (Å²) in [5, 5.41) is 13.8. The third kappa shape index (κ3) is 5.46. The van der Waals surface area contributed by atoms with Crippen LogP contribution in [0.15, 0.2) is 76.0 Å². The number of nitrogens with zero attached hydrogens (tertiary/aromatic N) is 4. The molecular weight excluding hydrogens is 602 g/mol. The maximum Gasteiger partial charge on any atom is 0.439 e. The van der Waals surface area contributed by atoms with Crippen LogP contribution in [-0.4, -0.2) is 75.0 Å². The number of esters is 1. The monoisotopic (exact) mass is 629 g/mol. The Morgan fingerprint density at radius 2 is 1.76 bits per heavy atom. The highest BCUT2D eigenvalue weighted by Gasteiger charge is 2.51. The topological polar surface area (TPSA) is 183 Å². The summed E-state index contributed by atoms with van der Waals surface area (Å²) < 4.78 is 29.5. The molecule has 4 unspecified atom stereocenters. The van der Waals surface area contributed by atoms with Gasteiger partial charge in [-0.15, -0.1) is 10.1 Å². The van der Waals surface area contributed by atoms with Gasteiger partial charge in [0, 0.05) is 5.56 Å². The van der Waals surface area contributed by atoms with E-state index in [9.17, 15) is 19.7 Å². The molecule has 2 fully saturated rings. The highest BCUT2D eigenvalue weighted by atomic mass is 17.0. The van der Waals surface area contributed by atoms with E-state index in [1.165, 1.54) is 0 Å². The summed E-state index contributed by atoms with van der Waals surface area (Å²) in [6.45, 7) is 2.50. The van der Waals surface area contributed by atoms with Gasteiger partial charge < -0.3 is 23.8 Å². The van der Waals surface area contributed by atoms with Crippen molar-refractivity contribution in [2.24, 2.45) is 0 Å². The molecule has 3 aromatic carbocycles. The normalized spacial score (nSPS) is 20.5. The summed E-state index contributed by atoms with van der Waals surface area (Å²) in [7, 11) is 0. The molecule has 2 aromatic heterocycles. The van der Waals surface area contributed by atoms with Crippen LogP contribution in [0.3, 0.4) is 0 Å². The van der Waals surface area contributed by atoms with E-state index in [0.29, 0.717) is 41.6 Å². The predicted molar refractivity (Wildman–Crippen MR) is 159 cm³/mol. The molecular formula is C31H27N5O10. The third-order valence-electron chi connectivity index (χ3n) is 7.90. The standard InChI is InChI=1S/C31H27N5O10/c1-2-41-30-32-22-9-5-8-21(29(37)44-23-15-42-27-24(46-36(39)40)16-43-26(23)27)25(22)35(30)14-17-10-12-18(13-11-17)19-6-3-4-7-20(19)28-33-31(38)45-34-28/h3-13,23-24,26-27H,2,14-16H2,1H3,(H,33,34,38). The van der Waals surface area contributed by atoms with Crippen LogP contribution in [0.4, 0.5) is 0 Å². The zero-order valence-electron chi connectivity index (χ0n) is 24.4. The number of fused-ring (bicyclic) bond motifs is 2. The molecule has 0 aliphatic carbocycles. The fourth-order valence-electron chi connectivity index (χ4n) is 5.91. The highest BCUT2D eigenvalue weighted by molar-refractivity contribution is 6.02. The molecule has 0 amide bonds. The second kappa shape index (κ2) is 12.1.